The number of fused-ring (bicyclic) bond motifs is 1. The van der Waals surface area contributed by atoms with Gasteiger partial charge < -0.3 is 9.67 Å². The molecule has 0 bridgehead atoms. The van der Waals surface area contributed by atoms with Crippen molar-refractivity contribution in [2.24, 2.45) is 0 Å². The molecule has 0 aliphatic heterocycles. The molecular formula is C10H14N4O. The molecular weight excluding hydrogens is 192 g/mol. The maximum Gasteiger partial charge on any atom is 0.242 e. The number of hydrogen-bond acceptors (Lipinski definition) is 4. The van der Waals surface area contributed by atoms with Crippen LogP contribution in [0.3, 0.4) is 0 Å². The summed E-state index contributed by atoms with van der Waals surface area (Å²) in [5.41, 5.74) is 1.17. The van der Waals surface area contributed by atoms with Crippen LogP contribution in [0, 0.1) is 0 Å². The predicted molar refractivity (Wildman–Crippen MR) is 56.6 cm³/mol. The van der Waals surface area contributed by atoms with Crippen LogP contribution in [0.4, 0.5) is 0 Å². The van der Waals surface area contributed by atoms with Crippen LogP contribution in [0.25, 0.3) is 11.2 Å². The minimum Gasteiger partial charge on any atom is -0.492 e. The van der Waals surface area contributed by atoms with Crippen LogP contribution in [-0.4, -0.2) is 24.6 Å². The molecule has 0 aromatic carbocycles. The Morgan fingerprint density at radius 3 is 2.93 bits per heavy atom. The van der Waals surface area contributed by atoms with E-state index in [1.54, 1.807) is 6.33 Å². The van der Waals surface area contributed by atoms with E-state index >= 15 is 0 Å². The summed E-state index contributed by atoms with van der Waals surface area (Å²) in [6.07, 6.45) is 5.24. The number of hydrogen-bond donors (Lipinski definition) is 1. The third-order valence-corrected chi connectivity index (χ3v) is 2.52. The molecule has 2 aromatic heterocycles. The van der Waals surface area contributed by atoms with Crippen molar-refractivity contribution in [2.75, 3.05) is 0 Å². The molecule has 0 spiro atoms. The molecule has 80 valence electrons. The van der Waals surface area contributed by atoms with E-state index in [-0.39, 0.29) is 5.88 Å². The minimum atomic E-state index is -0.0533. The molecule has 2 aromatic rings. The lowest BCUT2D eigenvalue weighted by Crippen LogP contribution is -2.04. The number of rotatable bonds is 3. The highest BCUT2D eigenvalue weighted by Crippen LogP contribution is 2.22. The molecule has 2 rings (SSSR count). The van der Waals surface area contributed by atoms with Crippen LogP contribution in [0.5, 0.6) is 5.88 Å². The van der Waals surface area contributed by atoms with E-state index in [0.29, 0.717) is 17.2 Å². The Kier molecular flexibility index (Phi) is 2.53. The topological polar surface area (TPSA) is 63.8 Å². The molecule has 0 radical (unpaired) electrons. The van der Waals surface area contributed by atoms with Gasteiger partial charge in [-0.25, -0.2) is 9.97 Å². The monoisotopic (exact) mass is 206 g/mol. The Labute approximate surface area is 87.8 Å². The Morgan fingerprint density at radius 1 is 1.40 bits per heavy atom. The number of nitrogens with zero attached hydrogens (tertiary/aromatic N) is 4. The zero-order valence-electron chi connectivity index (χ0n) is 8.88. The second kappa shape index (κ2) is 3.84. The fourth-order valence-electron chi connectivity index (χ4n) is 1.72. The minimum absolute atomic E-state index is 0.0533. The fourth-order valence-corrected chi connectivity index (χ4v) is 1.72. The summed E-state index contributed by atoms with van der Waals surface area (Å²) >= 11 is 0. The van der Waals surface area contributed by atoms with Gasteiger partial charge >= 0.3 is 0 Å². The van der Waals surface area contributed by atoms with Gasteiger partial charge in [-0.15, -0.1) is 0 Å². The molecule has 0 amide bonds. The standard InChI is InChI=1S/C10H14N4O/c1-3-4-7(2)14-6-13-8-9(14)11-5-12-10(8)15/h5-7H,3-4H2,1-2H3,(H,11,12,15). The zero-order chi connectivity index (χ0) is 10.8. The molecule has 0 aliphatic carbocycles. The van der Waals surface area contributed by atoms with Crippen LogP contribution >= 0.6 is 0 Å². The van der Waals surface area contributed by atoms with Gasteiger partial charge in [0, 0.05) is 6.04 Å². The first-order chi connectivity index (χ1) is 7.24. The second-order valence-electron chi connectivity index (χ2n) is 3.66. The van der Waals surface area contributed by atoms with Crippen molar-refractivity contribution in [1.29, 1.82) is 0 Å². The van der Waals surface area contributed by atoms with E-state index < -0.39 is 0 Å². The molecule has 1 atom stereocenters. The van der Waals surface area contributed by atoms with Crippen molar-refractivity contribution < 1.29 is 5.11 Å². The fraction of sp³-hybridized carbons (Fsp3) is 0.500. The van der Waals surface area contributed by atoms with Crippen LogP contribution < -0.4 is 0 Å². The first-order valence-electron chi connectivity index (χ1n) is 5.10. The molecule has 0 aliphatic rings. The summed E-state index contributed by atoms with van der Waals surface area (Å²) in [6, 6.07) is 0.342. The predicted octanol–water partition coefficient (Wildman–Crippen LogP) is 1.89. The van der Waals surface area contributed by atoms with Crippen molar-refractivity contribution >= 4 is 11.2 Å². The van der Waals surface area contributed by atoms with Crippen LogP contribution in [0.1, 0.15) is 32.7 Å². The lowest BCUT2D eigenvalue weighted by molar-refractivity contribution is 0.457. The van der Waals surface area contributed by atoms with E-state index in [1.807, 2.05) is 4.57 Å². The summed E-state index contributed by atoms with van der Waals surface area (Å²) < 4.78 is 1.97. The van der Waals surface area contributed by atoms with Gasteiger partial charge in [-0.1, -0.05) is 13.3 Å². The van der Waals surface area contributed by atoms with Crippen LogP contribution in [-0.2, 0) is 0 Å². The number of aromatic nitrogens is 4. The van der Waals surface area contributed by atoms with Gasteiger partial charge in [0.1, 0.15) is 6.33 Å². The Balaban J connectivity index is 2.49. The Bertz CT molecular complexity index is 465. The average molecular weight is 206 g/mol. The maximum atomic E-state index is 9.47. The third kappa shape index (κ3) is 1.65. The van der Waals surface area contributed by atoms with E-state index in [2.05, 4.69) is 28.8 Å². The average Bonchev–Trinajstić information content (AvgIpc) is 2.63. The van der Waals surface area contributed by atoms with Crippen LogP contribution in [0.15, 0.2) is 12.7 Å². The second-order valence-corrected chi connectivity index (χ2v) is 3.66. The Morgan fingerprint density at radius 2 is 2.20 bits per heavy atom. The molecule has 0 saturated carbocycles. The first-order valence-corrected chi connectivity index (χ1v) is 5.10. The number of imidazole rings is 1. The van der Waals surface area contributed by atoms with Gasteiger partial charge in [-0.3, -0.25) is 0 Å². The quantitative estimate of drug-likeness (QED) is 0.832. The summed E-state index contributed by atoms with van der Waals surface area (Å²) in [5, 5.41) is 9.47. The van der Waals surface area contributed by atoms with Crippen molar-refractivity contribution in [3.05, 3.63) is 12.7 Å². The van der Waals surface area contributed by atoms with Gasteiger partial charge in [-0.2, -0.15) is 4.98 Å². The van der Waals surface area contributed by atoms with Crippen LogP contribution in [0.2, 0.25) is 0 Å². The lowest BCUT2D eigenvalue weighted by atomic mass is 10.2. The molecule has 5 nitrogen and oxygen atoms in total. The lowest BCUT2D eigenvalue weighted by Gasteiger charge is -2.11. The third-order valence-electron chi connectivity index (χ3n) is 2.52. The molecule has 1 N–H and O–H groups in total. The van der Waals surface area contributed by atoms with E-state index in [9.17, 15) is 5.11 Å². The highest BCUT2D eigenvalue weighted by Gasteiger charge is 2.12. The van der Waals surface area contributed by atoms with Gasteiger partial charge in [0.2, 0.25) is 5.88 Å². The SMILES string of the molecule is CCCC(C)n1cnc2c(O)ncnc21. The van der Waals surface area contributed by atoms with Crippen molar-refractivity contribution in [2.45, 2.75) is 32.7 Å². The molecule has 0 saturated heterocycles. The van der Waals surface area contributed by atoms with E-state index in [4.69, 9.17) is 0 Å². The largest absolute Gasteiger partial charge is 0.492 e. The van der Waals surface area contributed by atoms with E-state index in [0.717, 1.165) is 12.8 Å². The molecule has 1 unspecified atom stereocenters. The van der Waals surface area contributed by atoms with Crippen molar-refractivity contribution in [3.8, 4) is 5.88 Å². The summed E-state index contributed by atoms with van der Waals surface area (Å²) in [6.45, 7) is 4.26. The highest BCUT2D eigenvalue weighted by molar-refractivity contribution is 5.75. The van der Waals surface area contributed by atoms with Crippen molar-refractivity contribution in [1.82, 2.24) is 19.5 Å². The molecule has 2 heterocycles. The summed E-state index contributed by atoms with van der Waals surface area (Å²) in [7, 11) is 0. The van der Waals surface area contributed by atoms with Gasteiger partial charge in [0.05, 0.1) is 6.33 Å². The zero-order valence-corrected chi connectivity index (χ0v) is 8.88. The van der Waals surface area contributed by atoms with Crippen molar-refractivity contribution in [3.63, 3.8) is 0 Å². The van der Waals surface area contributed by atoms with Gasteiger partial charge in [0.25, 0.3) is 0 Å². The highest BCUT2D eigenvalue weighted by atomic mass is 16.3. The molecule has 0 fully saturated rings. The normalized spacial score (nSPS) is 13.2. The maximum absolute atomic E-state index is 9.47. The van der Waals surface area contributed by atoms with E-state index in [1.165, 1.54) is 6.33 Å². The first kappa shape index (κ1) is 9.89. The summed E-state index contributed by atoms with van der Waals surface area (Å²) in [5.74, 6) is -0.0533. The van der Waals surface area contributed by atoms with Gasteiger partial charge in [0.15, 0.2) is 11.2 Å². The molecule has 5 heteroatoms. The summed E-state index contributed by atoms with van der Waals surface area (Å²) in [4.78, 5) is 11.9. The smallest absolute Gasteiger partial charge is 0.242 e. The Hall–Kier alpha value is -1.65. The number of aromatic hydroxyl groups is 1. The van der Waals surface area contributed by atoms with Gasteiger partial charge in [-0.05, 0) is 13.3 Å². The molecule has 15 heavy (non-hydrogen) atoms.